The number of allylic oxidation sites excluding steroid dienone is 1. The lowest BCUT2D eigenvalue weighted by molar-refractivity contribution is 0.969. The monoisotopic (exact) mass is 812 g/mol. The van der Waals surface area contributed by atoms with Crippen molar-refractivity contribution in [3.8, 4) is 33.6 Å². The number of nitrogens with zero attached hydrogens (tertiary/aromatic N) is 2. The molecule has 1 aliphatic carbocycles. The first-order valence-corrected chi connectivity index (χ1v) is 22.5. The number of para-hydroxylation sites is 1. The molecule has 0 spiro atoms. The minimum atomic E-state index is 1.00. The second-order valence-electron chi connectivity index (χ2n) is 17.5. The highest BCUT2D eigenvalue weighted by molar-refractivity contribution is 6.42. The maximum absolute atomic E-state index is 2.60. The predicted molar refractivity (Wildman–Crippen MR) is 273 cm³/mol. The molecule has 0 radical (unpaired) electrons. The third kappa shape index (κ3) is 5.08. The normalized spacial score (nSPS) is 12.8. The van der Waals surface area contributed by atoms with Crippen LogP contribution in [0.3, 0.4) is 0 Å². The summed E-state index contributed by atoms with van der Waals surface area (Å²) in [5.41, 5.74) is 13.7. The standard InChI is InChI=1S/C62H40N2/c1-3-15-39(16-4-1)41-27-29-45-37-47(33-31-43(45)35-41)63-55-25-13-11-23-53(55)57-49-19-7-10-22-52(49)60-59(61(57)63)51-21-9-8-20-50(51)58-54-24-12-14-26-56(54)64(62(58)60)48-34-32-44-36-42(28-30-46(44)38-48)40-17-5-2-6-18-40/h1-11,13-23,25-38H,12,24H2. The van der Waals surface area contributed by atoms with Crippen LogP contribution >= 0.6 is 0 Å². The van der Waals surface area contributed by atoms with Crippen molar-refractivity contribution in [2.75, 3.05) is 0 Å². The molecule has 0 unspecified atom stereocenters. The van der Waals surface area contributed by atoms with E-state index >= 15 is 0 Å². The van der Waals surface area contributed by atoms with Crippen molar-refractivity contribution in [1.82, 2.24) is 9.13 Å². The van der Waals surface area contributed by atoms with Crippen molar-refractivity contribution in [1.29, 1.82) is 0 Å². The second kappa shape index (κ2) is 13.6. The van der Waals surface area contributed by atoms with Gasteiger partial charge in [-0.15, -0.1) is 0 Å². The first-order valence-electron chi connectivity index (χ1n) is 22.5. The van der Waals surface area contributed by atoms with Gasteiger partial charge in [-0.3, -0.25) is 0 Å². The molecule has 2 nitrogen and oxygen atoms in total. The Morgan fingerprint density at radius 3 is 1.38 bits per heavy atom. The summed E-state index contributed by atoms with van der Waals surface area (Å²) in [7, 11) is 0. The molecule has 298 valence electrons. The molecule has 2 heteroatoms. The van der Waals surface area contributed by atoms with Gasteiger partial charge in [-0.05, 0) is 132 Å². The average Bonchev–Trinajstić information content (AvgIpc) is 3.90. The number of hydrogen-bond donors (Lipinski definition) is 0. The van der Waals surface area contributed by atoms with E-state index < -0.39 is 0 Å². The van der Waals surface area contributed by atoms with E-state index in [1.54, 1.807) is 0 Å². The molecule has 0 amide bonds. The Balaban J connectivity index is 1.13. The summed E-state index contributed by atoms with van der Waals surface area (Å²) >= 11 is 0. The van der Waals surface area contributed by atoms with Crippen LogP contribution in [0.25, 0.3) is 126 Å². The number of aromatic nitrogens is 2. The molecule has 13 aromatic rings. The van der Waals surface area contributed by atoms with E-state index in [2.05, 4.69) is 228 Å². The van der Waals surface area contributed by atoms with E-state index in [0.717, 1.165) is 18.5 Å². The van der Waals surface area contributed by atoms with Crippen LogP contribution in [0.1, 0.15) is 17.7 Å². The lowest BCUT2D eigenvalue weighted by Gasteiger charge is -2.18. The molecule has 14 rings (SSSR count). The van der Waals surface area contributed by atoms with Gasteiger partial charge in [0.25, 0.3) is 0 Å². The Bertz CT molecular complexity index is 4110. The van der Waals surface area contributed by atoms with Gasteiger partial charge in [0.1, 0.15) is 0 Å². The number of fused-ring (bicyclic) bond motifs is 17. The summed E-state index contributed by atoms with van der Waals surface area (Å²) in [6, 6.07) is 76.7. The fourth-order valence-corrected chi connectivity index (χ4v) is 11.3. The maximum Gasteiger partial charge on any atom is 0.0633 e. The Morgan fingerprint density at radius 1 is 0.328 bits per heavy atom. The van der Waals surface area contributed by atoms with Crippen LogP contribution in [0.15, 0.2) is 212 Å². The van der Waals surface area contributed by atoms with Crippen LogP contribution in [-0.2, 0) is 6.42 Å². The number of aryl methyl sites for hydroxylation is 1. The molecule has 64 heavy (non-hydrogen) atoms. The zero-order valence-electron chi connectivity index (χ0n) is 35.1. The van der Waals surface area contributed by atoms with Gasteiger partial charge in [0.05, 0.1) is 16.6 Å². The fraction of sp³-hybridized carbons (Fsp3) is 0.0323. The van der Waals surface area contributed by atoms with E-state index in [-0.39, 0.29) is 0 Å². The minimum absolute atomic E-state index is 1.00. The number of rotatable bonds is 4. The van der Waals surface area contributed by atoms with Crippen LogP contribution in [0.5, 0.6) is 0 Å². The summed E-state index contributed by atoms with van der Waals surface area (Å²) in [5.74, 6) is 0. The summed E-state index contributed by atoms with van der Waals surface area (Å²) in [6.45, 7) is 0. The van der Waals surface area contributed by atoms with Gasteiger partial charge in [-0.1, -0.05) is 170 Å². The van der Waals surface area contributed by atoms with Gasteiger partial charge in [0.15, 0.2) is 0 Å². The van der Waals surface area contributed by atoms with Gasteiger partial charge in [-0.2, -0.15) is 0 Å². The summed E-state index contributed by atoms with van der Waals surface area (Å²) < 4.78 is 5.17. The Hall–Kier alpha value is -8.20. The van der Waals surface area contributed by atoms with Gasteiger partial charge < -0.3 is 9.13 Å². The van der Waals surface area contributed by atoms with E-state index in [4.69, 9.17) is 0 Å². The zero-order chi connectivity index (χ0) is 41.9. The van der Waals surface area contributed by atoms with Crippen molar-refractivity contribution in [2.24, 2.45) is 0 Å². The predicted octanol–water partition coefficient (Wildman–Crippen LogP) is 16.8. The molecule has 0 fully saturated rings. The lowest BCUT2D eigenvalue weighted by atomic mass is 9.89. The first kappa shape index (κ1) is 35.4. The quantitative estimate of drug-likeness (QED) is 0.157. The molecule has 0 saturated carbocycles. The first-order chi connectivity index (χ1) is 31.8. The highest BCUT2D eigenvalue weighted by Gasteiger charge is 2.28. The third-order valence-corrected chi connectivity index (χ3v) is 14.1. The van der Waals surface area contributed by atoms with Crippen LogP contribution in [0, 0.1) is 0 Å². The summed E-state index contributed by atoms with van der Waals surface area (Å²) in [5, 5.41) is 16.6. The van der Waals surface area contributed by atoms with Gasteiger partial charge in [0, 0.05) is 44.0 Å². The van der Waals surface area contributed by atoms with Crippen molar-refractivity contribution in [3.63, 3.8) is 0 Å². The highest BCUT2D eigenvalue weighted by Crippen LogP contribution is 2.50. The fourth-order valence-electron chi connectivity index (χ4n) is 11.3. The lowest BCUT2D eigenvalue weighted by Crippen LogP contribution is -2.01. The molecule has 1 aliphatic rings. The smallest absolute Gasteiger partial charge is 0.0633 e. The van der Waals surface area contributed by atoms with E-state index in [1.807, 2.05) is 0 Å². The highest BCUT2D eigenvalue weighted by atomic mass is 15.0. The number of benzene rings is 11. The number of hydrogen-bond acceptors (Lipinski definition) is 0. The summed E-state index contributed by atoms with van der Waals surface area (Å²) in [4.78, 5) is 0. The van der Waals surface area contributed by atoms with Crippen molar-refractivity contribution < 1.29 is 0 Å². The molecular formula is C62H40N2. The maximum atomic E-state index is 2.60. The molecule has 0 saturated heterocycles. The van der Waals surface area contributed by atoms with Gasteiger partial charge >= 0.3 is 0 Å². The molecule has 11 aromatic carbocycles. The van der Waals surface area contributed by atoms with Crippen LogP contribution in [-0.4, -0.2) is 9.13 Å². The van der Waals surface area contributed by atoms with Crippen LogP contribution in [0.2, 0.25) is 0 Å². The Labute approximate surface area is 370 Å². The topological polar surface area (TPSA) is 9.86 Å². The largest absolute Gasteiger partial charge is 0.309 e. The van der Waals surface area contributed by atoms with Gasteiger partial charge in [0.2, 0.25) is 0 Å². The molecule has 0 N–H and O–H groups in total. The van der Waals surface area contributed by atoms with E-state index in [1.165, 1.54) is 126 Å². The Kier molecular flexibility index (Phi) is 7.55. The van der Waals surface area contributed by atoms with Crippen molar-refractivity contribution in [3.05, 3.63) is 224 Å². The second-order valence-corrected chi connectivity index (χ2v) is 17.5. The van der Waals surface area contributed by atoms with Crippen LogP contribution < -0.4 is 0 Å². The van der Waals surface area contributed by atoms with Crippen LogP contribution in [0.4, 0.5) is 0 Å². The molecule has 0 aliphatic heterocycles. The molecule has 0 atom stereocenters. The zero-order valence-corrected chi connectivity index (χ0v) is 35.1. The SMILES string of the molecule is C1=Cc2c(c3c4ccccc4c4c(c5ccccc5c5c6ccccc6n(-c6ccc7cc(-c8ccccc8)ccc7c6)c54)c3n2-c2ccc3cc(-c4ccccc4)ccc3c2)CC1. The molecule has 2 heterocycles. The molecular weight excluding hydrogens is 773 g/mol. The van der Waals surface area contributed by atoms with E-state index in [9.17, 15) is 0 Å². The Morgan fingerprint density at radius 2 is 0.781 bits per heavy atom. The van der Waals surface area contributed by atoms with Crippen molar-refractivity contribution >= 4 is 92.6 Å². The molecule has 2 aromatic heterocycles. The average molecular weight is 813 g/mol. The van der Waals surface area contributed by atoms with Crippen molar-refractivity contribution in [2.45, 2.75) is 12.8 Å². The van der Waals surface area contributed by atoms with E-state index in [0.29, 0.717) is 0 Å². The van der Waals surface area contributed by atoms with Gasteiger partial charge in [-0.25, -0.2) is 0 Å². The summed E-state index contributed by atoms with van der Waals surface area (Å²) in [6.07, 6.45) is 6.79. The molecule has 0 bridgehead atoms. The third-order valence-electron chi connectivity index (χ3n) is 14.1. The minimum Gasteiger partial charge on any atom is -0.309 e.